The summed E-state index contributed by atoms with van der Waals surface area (Å²) >= 11 is 0. The van der Waals surface area contributed by atoms with E-state index >= 15 is 0 Å². The van der Waals surface area contributed by atoms with Gasteiger partial charge in [-0.1, -0.05) is 13.3 Å². The summed E-state index contributed by atoms with van der Waals surface area (Å²) in [5, 5.41) is 0. The topological polar surface area (TPSA) is 72.9 Å². The van der Waals surface area contributed by atoms with Crippen LogP contribution in [0.4, 0.5) is 0 Å². The maximum atomic E-state index is 13.4. The monoisotopic (exact) mass is 383 g/mol. The maximum absolute atomic E-state index is 13.4. The molecule has 0 aliphatic carbocycles. The van der Waals surface area contributed by atoms with E-state index in [2.05, 4.69) is 11.8 Å². The second-order valence-electron chi connectivity index (χ2n) is 6.59. The van der Waals surface area contributed by atoms with E-state index in [1.165, 1.54) is 19.2 Å². The average molecular weight is 384 g/mol. The molecule has 0 unspecified atom stereocenters. The molecule has 0 amide bonds. The van der Waals surface area contributed by atoms with E-state index in [0.717, 1.165) is 19.4 Å². The van der Waals surface area contributed by atoms with E-state index in [9.17, 15) is 13.2 Å². The number of methoxy groups -OCH3 is 1. The summed E-state index contributed by atoms with van der Waals surface area (Å²) in [7, 11) is -2.35. The second-order valence-corrected chi connectivity index (χ2v) is 8.85. The Morgan fingerprint density at radius 2 is 1.77 bits per heavy atom. The van der Waals surface area contributed by atoms with Crippen molar-refractivity contribution in [3.8, 4) is 5.75 Å². The lowest BCUT2D eigenvalue weighted by Gasteiger charge is -2.39. The molecule has 1 aromatic rings. The van der Waals surface area contributed by atoms with Crippen LogP contribution in [0.5, 0.6) is 5.75 Å². The van der Waals surface area contributed by atoms with Gasteiger partial charge in [0.1, 0.15) is 5.75 Å². The second kappa shape index (κ2) is 8.86. The zero-order valence-corrected chi connectivity index (χ0v) is 16.7. The van der Waals surface area contributed by atoms with Crippen LogP contribution >= 0.6 is 0 Å². The van der Waals surface area contributed by atoms with Crippen LogP contribution in [0.25, 0.3) is 0 Å². The molecular weight excluding hydrogens is 354 g/mol. The quantitative estimate of drug-likeness (QED) is 0.643. The summed E-state index contributed by atoms with van der Waals surface area (Å²) in [4.78, 5) is 15.1. The van der Waals surface area contributed by atoms with Crippen LogP contribution in [0.3, 0.4) is 0 Å². The van der Waals surface area contributed by atoms with E-state index < -0.39 is 20.6 Å². The summed E-state index contributed by atoms with van der Waals surface area (Å²) < 4.78 is 35.5. The molecule has 1 aliphatic rings. The van der Waals surface area contributed by atoms with Crippen LogP contribution in [0.1, 0.15) is 39.5 Å². The lowest BCUT2D eigenvalue weighted by Crippen LogP contribution is -2.55. The summed E-state index contributed by atoms with van der Waals surface area (Å²) in [6.45, 7) is 6.07. The molecule has 6 nitrogen and oxygen atoms in total. The highest BCUT2D eigenvalue weighted by Crippen LogP contribution is 2.37. The number of nitrogens with zero attached hydrogens (tertiary/aromatic N) is 1. The number of benzene rings is 1. The first-order valence-corrected chi connectivity index (χ1v) is 10.7. The molecule has 0 saturated carbocycles. The van der Waals surface area contributed by atoms with Gasteiger partial charge >= 0.3 is 5.97 Å². The Balaban J connectivity index is 2.33. The van der Waals surface area contributed by atoms with Crippen molar-refractivity contribution in [1.82, 2.24) is 4.90 Å². The SMILES string of the molecule is CCCCN1CCC(C(=O)OCC)(S(=O)(=O)c2ccc(OC)cc2)CC1. The molecule has 1 aromatic carbocycles. The van der Waals surface area contributed by atoms with Crippen molar-refractivity contribution >= 4 is 15.8 Å². The largest absolute Gasteiger partial charge is 0.497 e. The van der Waals surface area contributed by atoms with E-state index in [-0.39, 0.29) is 24.3 Å². The Morgan fingerprint density at radius 1 is 1.15 bits per heavy atom. The highest BCUT2D eigenvalue weighted by Gasteiger charge is 2.54. The van der Waals surface area contributed by atoms with Crippen LogP contribution < -0.4 is 4.74 Å². The molecule has 1 saturated heterocycles. The molecule has 1 fully saturated rings. The van der Waals surface area contributed by atoms with Gasteiger partial charge in [0.05, 0.1) is 18.6 Å². The fraction of sp³-hybridized carbons (Fsp3) is 0.632. The summed E-state index contributed by atoms with van der Waals surface area (Å²) in [5.74, 6) is -0.0607. The first kappa shape index (κ1) is 20.7. The normalized spacial score (nSPS) is 17.7. The number of ether oxygens (including phenoxy) is 2. The summed E-state index contributed by atoms with van der Waals surface area (Å²) in [5.41, 5.74) is 0. The number of esters is 1. The van der Waals surface area contributed by atoms with Crippen molar-refractivity contribution in [3.05, 3.63) is 24.3 Å². The molecule has 26 heavy (non-hydrogen) atoms. The number of hydrogen-bond acceptors (Lipinski definition) is 6. The van der Waals surface area contributed by atoms with Gasteiger partial charge in [-0.25, -0.2) is 8.42 Å². The first-order chi connectivity index (χ1) is 12.4. The molecule has 0 radical (unpaired) electrons. The highest BCUT2D eigenvalue weighted by atomic mass is 32.2. The lowest BCUT2D eigenvalue weighted by molar-refractivity contribution is -0.147. The van der Waals surface area contributed by atoms with Crippen molar-refractivity contribution in [1.29, 1.82) is 0 Å². The predicted octanol–water partition coefficient (Wildman–Crippen LogP) is 2.67. The maximum Gasteiger partial charge on any atom is 0.327 e. The van der Waals surface area contributed by atoms with Gasteiger partial charge in [0.25, 0.3) is 0 Å². The third-order valence-corrected chi connectivity index (χ3v) is 7.52. The van der Waals surface area contributed by atoms with Crippen LogP contribution in [0.2, 0.25) is 0 Å². The van der Waals surface area contributed by atoms with Crippen LogP contribution in [0, 0.1) is 0 Å². The number of carbonyl (C=O) groups is 1. The minimum absolute atomic E-state index is 0.133. The van der Waals surface area contributed by atoms with Crippen LogP contribution in [-0.2, 0) is 19.4 Å². The number of hydrogen-bond donors (Lipinski definition) is 0. The van der Waals surface area contributed by atoms with Gasteiger partial charge in [-0.05, 0) is 57.0 Å². The highest BCUT2D eigenvalue weighted by molar-refractivity contribution is 7.93. The molecule has 0 N–H and O–H groups in total. The van der Waals surface area contributed by atoms with Gasteiger partial charge in [0.2, 0.25) is 0 Å². The predicted molar refractivity (Wildman–Crippen MR) is 100 cm³/mol. The Kier molecular flexibility index (Phi) is 7.06. The third-order valence-electron chi connectivity index (χ3n) is 5.02. The molecular formula is C19H29NO5S. The van der Waals surface area contributed by atoms with E-state index in [1.54, 1.807) is 19.1 Å². The Bertz CT molecular complexity index is 691. The average Bonchev–Trinajstić information content (AvgIpc) is 2.66. The Morgan fingerprint density at radius 3 is 2.27 bits per heavy atom. The fourth-order valence-corrected chi connectivity index (χ4v) is 5.29. The van der Waals surface area contributed by atoms with Gasteiger partial charge < -0.3 is 14.4 Å². The molecule has 0 aromatic heterocycles. The van der Waals surface area contributed by atoms with E-state index in [4.69, 9.17) is 9.47 Å². The lowest BCUT2D eigenvalue weighted by atomic mass is 9.95. The number of sulfone groups is 1. The fourth-order valence-electron chi connectivity index (χ4n) is 3.35. The smallest absolute Gasteiger partial charge is 0.327 e. The minimum atomic E-state index is -3.87. The van der Waals surface area contributed by atoms with Crippen LogP contribution in [0.15, 0.2) is 29.2 Å². The van der Waals surface area contributed by atoms with Crippen LogP contribution in [-0.4, -0.2) is 57.4 Å². The van der Waals surface area contributed by atoms with Crippen molar-refractivity contribution in [2.45, 2.75) is 49.2 Å². The number of likely N-dealkylation sites (tertiary alicyclic amines) is 1. The molecule has 146 valence electrons. The van der Waals surface area contributed by atoms with Crippen molar-refractivity contribution in [3.63, 3.8) is 0 Å². The van der Waals surface area contributed by atoms with Crippen molar-refractivity contribution in [2.75, 3.05) is 33.4 Å². The molecule has 2 rings (SSSR count). The molecule has 0 atom stereocenters. The van der Waals surface area contributed by atoms with Gasteiger partial charge in [0, 0.05) is 13.1 Å². The number of rotatable bonds is 8. The van der Waals surface area contributed by atoms with Gasteiger partial charge in [0.15, 0.2) is 14.6 Å². The van der Waals surface area contributed by atoms with Crippen molar-refractivity contribution < 1.29 is 22.7 Å². The van der Waals surface area contributed by atoms with Crippen molar-refractivity contribution in [2.24, 2.45) is 0 Å². The first-order valence-electron chi connectivity index (χ1n) is 9.19. The zero-order valence-electron chi connectivity index (χ0n) is 15.9. The van der Waals surface area contributed by atoms with Gasteiger partial charge in [-0.2, -0.15) is 0 Å². The molecule has 7 heteroatoms. The number of piperidine rings is 1. The summed E-state index contributed by atoms with van der Waals surface area (Å²) in [6, 6.07) is 6.20. The van der Waals surface area contributed by atoms with Gasteiger partial charge in [-0.3, -0.25) is 4.79 Å². The van der Waals surface area contributed by atoms with E-state index in [1.807, 2.05) is 0 Å². The van der Waals surface area contributed by atoms with Gasteiger partial charge in [-0.15, -0.1) is 0 Å². The Labute approximate surface area is 156 Å². The standard InChI is InChI=1S/C19H29NO5S/c1-4-6-13-20-14-11-19(12-15-20,18(21)25-5-2)26(22,23)17-9-7-16(24-3)8-10-17/h7-10H,4-6,11-15H2,1-3H3. The van der Waals surface area contributed by atoms with E-state index in [0.29, 0.717) is 18.8 Å². The zero-order chi connectivity index (χ0) is 19.2. The molecule has 1 heterocycles. The Hall–Kier alpha value is -1.60. The molecule has 0 bridgehead atoms. The third kappa shape index (κ3) is 4.04. The molecule has 0 spiro atoms. The molecule has 1 aliphatic heterocycles. The summed E-state index contributed by atoms with van der Waals surface area (Å²) in [6.07, 6.45) is 2.66. The number of carbonyl (C=O) groups excluding carboxylic acids is 1. The minimum Gasteiger partial charge on any atom is -0.497 e. The number of unbranched alkanes of at least 4 members (excludes halogenated alkanes) is 1.